The Balaban J connectivity index is 2.23. The van der Waals surface area contributed by atoms with Crippen LogP contribution in [-0.2, 0) is 0 Å². The Morgan fingerprint density at radius 3 is 2.53 bits per heavy atom. The lowest BCUT2D eigenvalue weighted by molar-refractivity contribution is -0.792. The molecular formula is C14H11NO2. The predicted octanol–water partition coefficient (Wildman–Crippen LogP) is 3.04. The van der Waals surface area contributed by atoms with Crippen molar-refractivity contribution in [3.63, 3.8) is 0 Å². The second-order valence-corrected chi connectivity index (χ2v) is 4.01. The zero-order valence-electron chi connectivity index (χ0n) is 9.38. The largest absolute Gasteiger partial charge is 0.366 e. The van der Waals surface area contributed by atoms with Gasteiger partial charge in [0.25, 0.3) is 5.69 Å². The molecule has 1 heterocycles. The van der Waals surface area contributed by atoms with E-state index in [4.69, 9.17) is 4.52 Å². The second kappa shape index (κ2) is 3.63. The first-order chi connectivity index (χ1) is 8.25. The highest BCUT2D eigenvalue weighted by molar-refractivity contribution is 5.84. The first-order valence-corrected chi connectivity index (χ1v) is 5.44. The van der Waals surface area contributed by atoms with Crippen molar-refractivity contribution in [2.75, 3.05) is 0 Å². The van der Waals surface area contributed by atoms with Gasteiger partial charge in [0.1, 0.15) is 0 Å². The van der Waals surface area contributed by atoms with Gasteiger partial charge in [-0.2, -0.15) is 0 Å². The summed E-state index contributed by atoms with van der Waals surface area (Å²) in [6, 6.07) is 15.8. The molecule has 0 saturated heterocycles. The number of hydrogen-bond donors (Lipinski definition) is 0. The Hall–Kier alpha value is -2.29. The Morgan fingerprint density at radius 1 is 1.00 bits per heavy atom. The number of benzene rings is 2. The molecule has 84 valence electrons. The molecule has 0 unspecified atom stereocenters. The minimum atomic E-state index is 0.555. The molecule has 0 bridgehead atoms. The third-order valence-electron chi connectivity index (χ3n) is 2.93. The molecule has 0 N–H and O–H groups in total. The molecule has 3 nitrogen and oxygen atoms in total. The standard InChI is InChI=1S/C14H11NO2/c1-10-13-9-12(11-5-3-2-4-6-11)7-8-14(13)17-15(10)16/h2-9H,1H3. The molecular weight excluding hydrogens is 214 g/mol. The van der Waals surface area contributed by atoms with Crippen molar-refractivity contribution in [1.82, 2.24) is 0 Å². The van der Waals surface area contributed by atoms with Crippen molar-refractivity contribution in [3.8, 4) is 11.1 Å². The predicted molar refractivity (Wildman–Crippen MR) is 65.3 cm³/mol. The van der Waals surface area contributed by atoms with Crippen LogP contribution < -0.4 is 4.90 Å². The van der Waals surface area contributed by atoms with Crippen molar-refractivity contribution in [2.45, 2.75) is 6.92 Å². The van der Waals surface area contributed by atoms with E-state index >= 15 is 0 Å². The summed E-state index contributed by atoms with van der Waals surface area (Å²) in [6.45, 7) is 1.76. The van der Waals surface area contributed by atoms with E-state index in [2.05, 4.69) is 0 Å². The van der Waals surface area contributed by atoms with Crippen molar-refractivity contribution in [3.05, 3.63) is 59.4 Å². The summed E-state index contributed by atoms with van der Waals surface area (Å²) in [5.41, 5.74) is 3.44. The van der Waals surface area contributed by atoms with Crippen LogP contribution in [0.15, 0.2) is 53.1 Å². The fraction of sp³-hybridized carbons (Fsp3) is 0.0714. The SMILES string of the molecule is Cc1c2cc(-c3ccccc3)ccc2o[n+]1[O-]. The number of aryl methyl sites for hydroxylation is 1. The van der Waals surface area contributed by atoms with Crippen molar-refractivity contribution >= 4 is 11.0 Å². The topological polar surface area (TPSA) is 40.1 Å². The van der Waals surface area contributed by atoms with Gasteiger partial charge in [0.2, 0.25) is 0 Å². The van der Waals surface area contributed by atoms with Crippen LogP contribution >= 0.6 is 0 Å². The molecule has 0 radical (unpaired) electrons. The molecule has 3 rings (SSSR count). The summed E-state index contributed by atoms with van der Waals surface area (Å²) in [5, 5.41) is 12.2. The minimum absolute atomic E-state index is 0.555. The van der Waals surface area contributed by atoms with E-state index in [0.29, 0.717) is 16.2 Å². The van der Waals surface area contributed by atoms with Gasteiger partial charge in [0, 0.05) is 11.8 Å². The number of rotatable bonds is 1. The van der Waals surface area contributed by atoms with Gasteiger partial charge in [-0.1, -0.05) is 36.4 Å². The maximum absolute atomic E-state index is 11.3. The van der Waals surface area contributed by atoms with E-state index in [-0.39, 0.29) is 0 Å². The zero-order chi connectivity index (χ0) is 11.8. The number of hydrogen-bond acceptors (Lipinski definition) is 2. The van der Waals surface area contributed by atoms with Gasteiger partial charge in [-0.05, 0) is 23.3 Å². The first-order valence-electron chi connectivity index (χ1n) is 5.44. The van der Waals surface area contributed by atoms with Crippen LogP contribution in [0.4, 0.5) is 0 Å². The lowest BCUT2D eigenvalue weighted by Crippen LogP contribution is -2.25. The summed E-state index contributed by atoms with van der Waals surface area (Å²) < 4.78 is 5.05. The fourth-order valence-corrected chi connectivity index (χ4v) is 1.96. The molecule has 2 aromatic carbocycles. The Bertz CT molecular complexity index is 671. The molecule has 3 heteroatoms. The molecule has 1 aromatic heterocycles. The number of fused-ring (bicyclic) bond motifs is 1. The van der Waals surface area contributed by atoms with Gasteiger partial charge >= 0.3 is 0 Å². The van der Waals surface area contributed by atoms with Crippen LogP contribution in [0.5, 0.6) is 0 Å². The molecule has 0 atom stereocenters. The van der Waals surface area contributed by atoms with Crippen LogP contribution in [0, 0.1) is 12.1 Å². The maximum atomic E-state index is 11.3. The lowest BCUT2D eigenvalue weighted by Gasteiger charge is -2.00. The molecule has 0 fully saturated rings. The summed E-state index contributed by atoms with van der Waals surface area (Å²) in [6.07, 6.45) is 0. The number of nitrogens with zero attached hydrogens (tertiary/aromatic N) is 1. The third-order valence-corrected chi connectivity index (χ3v) is 2.93. The molecule has 0 saturated carbocycles. The molecule has 0 aliphatic heterocycles. The van der Waals surface area contributed by atoms with E-state index in [0.717, 1.165) is 16.5 Å². The maximum Gasteiger partial charge on any atom is 0.250 e. The minimum Gasteiger partial charge on any atom is -0.366 e. The molecule has 0 aliphatic rings. The Morgan fingerprint density at radius 2 is 1.76 bits per heavy atom. The second-order valence-electron chi connectivity index (χ2n) is 4.01. The summed E-state index contributed by atoms with van der Waals surface area (Å²) in [7, 11) is 0. The Labute approximate surface area is 98.5 Å². The van der Waals surface area contributed by atoms with Crippen LogP contribution in [0.25, 0.3) is 22.1 Å². The van der Waals surface area contributed by atoms with Crippen LogP contribution in [0.1, 0.15) is 5.69 Å². The van der Waals surface area contributed by atoms with Gasteiger partial charge in [-0.25, -0.2) is 0 Å². The summed E-state index contributed by atoms with van der Waals surface area (Å²) in [5.74, 6) is 0. The Kier molecular flexibility index (Phi) is 2.11. The quantitative estimate of drug-likeness (QED) is 0.597. The van der Waals surface area contributed by atoms with Gasteiger partial charge < -0.3 is 4.52 Å². The fourth-order valence-electron chi connectivity index (χ4n) is 1.96. The highest BCUT2D eigenvalue weighted by atomic mass is 16.7. The average molecular weight is 225 g/mol. The van der Waals surface area contributed by atoms with Crippen LogP contribution in [-0.4, -0.2) is 0 Å². The van der Waals surface area contributed by atoms with Crippen molar-refractivity contribution < 1.29 is 9.43 Å². The van der Waals surface area contributed by atoms with Gasteiger partial charge in [-0.3, -0.25) is 5.21 Å². The molecule has 0 amide bonds. The zero-order valence-corrected chi connectivity index (χ0v) is 9.38. The normalized spacial score (nSPS) is 10.9. The van der Waals surface area contributed by atoms with Crippen molar-refractivity contribution in [1.29, 1.82) is 0 Å². The van der Waals surface area contributed by atoms with E-state index in [9.17, 15) is 5.21 Å². The van der Waals surface area contributed by atoms with E-state index in [1.165, 1.54) is 0 Å². The van der Waals surface area contributed by atoms with E-state index in [1.807, 2.05) is 48.5 Å². The van der Waals surface area contributed by atoms with E-state index in [1.54, 1.807) is 6.92 Å². The van der Waals surface area contributed by atoms with Gasteiger partial charge in [-0.15, -0.1) is 0 Å². The smallest absolute Gasteiger partial charge is 0.250 e. The summed E-state index contributed by atoms with van der Waals surface area (Å²) in [4.78, 5) is 0.555. The molecule has 0 spiro atoms. The molecule has 0 aliphatic carbocycles. The van der Waals surface area contributed by atoms with Crippen LogP contribution in [0.2, 0.25) is 0 Å². The van der Waals surface area contributed by atoms with E-state index < -0.39 is 0 Å². The van der Waals surface area contributed by atoms with Crippen LogP contribution in [0.3, 0.4) is 0 Å². The molecule has 3 aromatic rings. The highest BCUT2D eigenvalue weighted by Gasteiger charge is 2.11. The highest BCUT2D eigenvalue weighted by Crippen LogP contribution is 2.25. The summed E-state index contributed by atoms with van der Waals surface area (Å²) >= 11 is 0. The van der Waals surface area contributed by atoms with Gasteiger partial charge in [0.05, 0.1) is 11.0 Å². The molecule has 17 heavy (non-hydrogen) atoms. The monoisotopic (exact) mass is 225 g/mol. The first kappa shape index (κ1) is 9.90. The third kappa shape index (κ3) is 1.56. The van der Waals surface area contributed by atoms with Crippen molar-refractivity contribution in [2.24, 2.45) is 0 Å². The van der Waals surface area contributed by atoms with Gasteiger partial charge in [0.15, 0.2) is 0 Å². The lowest BCUT2D eigenvalue weighted by atomic mass is 10.0. The number of aromatic nitrogens is 1. The average Bonchev–Trinajstić information content (AvgIpc) is 2.66.